The minimum Gasteiger partial charge on any atom is -0.309 e. The van der Waals surface area contributed by atoms with Crippen LogP contribution in [0.25, 0.3) is 0 Å². The molecule has 1 N–H and O–H groups in total. The molecule has 1 aromatic carbocycles. The van der Waals surface area contributed by atoms with E-state index in [1.165, 1.54) is 31.7 Å². The molecule has 0 aliphatic carbocycles. The highest BCUT2D eigenvalue weighted by atomic mass is 19.1. The van der Waals surface area contributed by atoms with Crippen molar-refractivity contribution in [3.05, 3.63) is 35.6 Å². The van der Waals surface area contributed by atoms with Crippen molar-refractivity contribution in [1.29, 1.82) is 0 Å². The molecule has 0 radical (unpaired) electrons. The molecule has 0 spiro atoms. The second kappa shape index (κ2) is 7.37. The molecule has 1 aromatic rings. The van der Waals surface area contributed by atoms with Gasteiger partial charge in [0, 0.05) is 5.54 Å². The van der Waals surface area contributed by atoms with Crippen LogP contribution >= 0.6 is 0 Å². The Labute approximate surface area is 128 Å². The maximum atomic E-state index is 13.6. The third kappa shape index (κ3) is 4.04. The lowest BCUT2D eigenvalue weighted by Gasteiger charge is -2.44. The number of nitrogens with one attached hydrogen (secondary N) is 1. The summed E-state index contributed by atoms with van der Waals surface area (Å²) in [4.78, 5) is 2.58. The molecule has 1 fully saturated rings. The van der Waals surface area contributed by atoms with Crippen molar-refractivity contribution in [3.63, 3.8) is 0 Å². The third-order valence-electron chi connectivity index (χ3n) is 4.72. The van der Waals surface area contributed by atoms with Crippen LogP contribution in [0.1, 0.15) is 58.1 Å². The van der Waals surface area contributed by atoms with Crippen molar-refractivity contribution in [3.8, 4) is 0 Å². The molecule has 1 aliphatic rings. The molecular weight excluding hydrogens is 263 g/mol. The summed E-state index contributed by atoms with van der Waals surface area (Å²) in [6.45, 7) is 9.87. The number of likely N-dealkylation sites (tertiary alicyclic amines) is 1. The second-order valence-corrected chi connectivity index (χ2v) is 6.60. The van der Waals surface area contributed by atoms with Gasteiger partial charge in [-0.3, -0.25) is 4.90 Å². The lowest BCUT2D eigenvalue weighted by molar-refractivity contribution is 0.0839. The molecule has 21 heavy (non-hydrogen) atoms. The fraction of sp³-hybridized carbons (Fsp3) is 0.667. The predicted octanol–water partition coefficient (Wildman–Crippen LogP) is 4.13. The van der Waals surface area contributed by atoms with Gasteiger partial charge in [-0.2, -0.15) is 0 Å². The van der Waals surface area contributed by atoms with E-state index in [1.54, 1.807) is 6.07 Å². The summed E-state index contributed by atoms with van der Waals surface area (Å²) in [6, 6.07) is 7.19. The zero-order valence-electron chi connectivity index (χ0n) is 13.7. The minimum absolute atomic E-state index is 0.0197. The maximum Gasteiger partial charge on any atom is 0.123 e. The fourth-order valence-electron chi connectivity index (χ4n) is 3.50. The lowest BCUT2D eigenvalue weighted by Crippen LogP contribution is -2.53. The Morgan fingerprint density at radius 2 is 1.86 bits per heavy atom. The van der Waals surface area contributed by atoms with Crippen molar-refractivity contribution >= 4 is 0 Å². The molecular formula is C18H29FN2. The number of rotatable bonds is 5. The summed E-state index contributed by atoms with van der Waals surface area (Å²) in [5.74, 6) is -0.151. The van der Waals surface area contributed by atoms with Gasteiger partial charge in [-0.15, -0.1) is 0 Å². The SMILES string of the molecule is CCNC(c1cccc(F)c1)C(C)(C)N1CCCCCC1. The van der Waals surface area contributed by atoms with Crippen LogP contribution in [0.5, 0.6) is 0 Å². The lowest BCUT2D eigenvalue weighted by atomic mass is 9.86. The topological polar surface area (TPSA) is 15.3 Å². The largest absolute Gasteiger partial charge is 0.309 e. The Morgan fingerprint density at radius 3 is 2.43 bits per heavy atom. The van der Waals surface area contributed by atoms with Gasteiger partial charge in [0.15, 0.2) is 0 Å². The molecule has 0 amide bonds. The third-order valence-corrected chi connectivity index (χ3v) is 4.72. The number of likely N-dealkylation sites (N-methyl/N-ethyl adjacent to an activating group) is 1. The first-order chi connectivity index (χ1) is 10.1. The molecule has 0 saturated carbocycles. The van der Waals surface area contributed by atoms with Crippen molar-refractivity contribution in [2.24, 2.45) is 0 Å². The Hall–Kier alpha value is -0.930. The molecule has 2 nitrogen and oxygen atoms in total. The van der Waals surface area contributed by atoms with Crippen LogP contribution in [0.4, 0.5) is 4.39 Å². The molecule has 118 valence electrons. The quantitative estimate of drug-likeness (QED) is 0.878. The highest BCUT2D eigenvalue weighted by Crippen LogP contribution is 2.33. The molecule has 1 saturated heterocycles. The van der Waals surface area contributed by atoms with Crippen molar-refractivity contribution in [2.75, 3.05) is 19.6 Å². The van der Waals surface area contributed by atoms with Gasteiger partial charge in [-0.25, -0.2) is 4.39 Å². The van der Waals surface area contributed by atoms with Gasteiger partial charge >= 0.3 is 0 Å². The molecule has 1 atom stereocenters. The fourth-order valence-corrected chi connectivity index (χ4v) is 3.50. The molecule has 2 rings (SSSR count). The zero-order chi connectivity index (χ0) is 15.3. The zero-order valence-corrected chi connectivity index (χ0v) is 13.7. The molecule has 3 heteroatoms. The average Bonchev–Trinajstić information content (AvgIpc) is 2.74. The smallest absolute Gasteiger partial charge is 0.123 e. The predicted molar refractivity (Wildman–Crippen MR) is 86.9 cm³/mol. The van der Waals surface area contributed by atoms with Gasteiger partial charge in [0.1, 0.15) is 5.82 Å². The number of nitrogens with zero attached hydrogens (tertiary/aromatic N) is 1. The van der Waals surface area contributed by atoms with E-state index in [1.807, 2.05) is 12.1 Å². The van der Waals surface area contributed by atoms with Crippen LogP contribution in [0.2, 0.25) is 0 Å². The van der Waals surface area contributed by atoms with Gasteiger partial charge in [0.25, 0.3) is 0 Å². The molecule has 1 unspecified atom stereocenters. The van der Waals surface area contributed by atoms with Crippen molar-refractivity contribution in [1.82, 2.24) is 10.2 Å². The Morgan fingerprint density at radius 1 is 1.19 bits per heavy atom. The van der Waals surface area contributed by atoms with Gasteiger partial charge in [0.05, 0.1) is 6.04 Å². The summed E-state index contributed by atoms with van der Waals surface area (Å²) >= 11 is 0. The molecule has 0 aromatic heterocycles. The van der Waals surface area contributed by atoms with E-state index in [2.05, 4.69) is 31.0 Å². The summed E-state index contributed by atoms with van der Waals surface area (Å²) in [6.07, 6.45) is 5.20. The van der Waals surface area contributed by atoms with Gasteiger partial charge in [-0.05, 0) is 64.0 Å². The molecule has 1 aliphatic heterocycles. The van der Waals surface area contributed by atoms with Crippen LogP contribution in [0, 0.1) is 5.82 Å². The minimum atomic E-state index is -0.151. The van der Waals surface area contributed by atoms with E-state index in [0.29, 0.717) is 0 Å². The molecule has 1 heterocycles. The summed E-state index contributed by atoms with van der Waals surface area (Å²) in [5, 5.41) is 3.58. The maximum absolute atomic E-state index is 13.6. The monoisotopic (exact) mass is 292 g/mol. The van der Waals surface area contributed by atoms with E-state index in [4.69, 9.17) is 0 Å². The Bertz CT molecular complexity index is 437. The second-order valence-electron chi connectivity index (χ2n) is 6.60. The normalized spacial score (nSPS) is 19.2. The molecule has 0 bridgehead atoms. The summed E-state index contributed by atoms with van der Waals surface area (Å²) in [5.41, 5.74) is 1.03. The standard InChI is InChI=1S/C18H29FN2/c1-4-20-17(15-10-9-11-16(19)14-15)18(2,3)21-12-7-5-6-8-13-21/h9-11,14,17,20H,4-8,12-13H2,1-3H3. The van der Waals surface area contributed by atoms with Crippen LogP contribution in [-0.2, 0) is 0 Å². The van der Waals surface area contributed by atoms with Gasteiger partial charge in [0.2, 0.25) is 0 Å². The van der Waals surface area contributed by atoms with Crippen LogP contribution in [-0.4, -0.2) is 30.1 Å². The van der Waals surface area contributed by atoms with E-state index < -0.39 is 0 Å². The summed E-state index contributed by atoms with van der Waals surface area (Å²) in [7, 11) is 0. The highest BCUT2D eigenvalue weighted by molar-refractivity contribution is 5.23. The van der Waals surface area contributed by atoms with E-state index in [-0.39, 0.29) is 17.4 Å². The van der Waals surface area contributed by atoms with Gasteiger partial charge in [-0.1, -0.05) is 31.9 Å². The number of benzene rings is 1. The first kappa shape index (κ1) is 16.4. The van der Waals surface area contributed by atoms with E-state index in [0.717, 1.165) is 25.2 Å². The van der Waals surface area contributed by atoms with Crippen LogP contribution in [0.15, 0.2) is 24.3 Å². The van der Waals surface area contributed by atoms with Crippen molar-refractivity contribution < 1.29 is 4.39 Å². The highest BCUT2D eigenvalue weighted by Gasteiger charge is 2.36. The summed E-state index contributed by atoms with van der Waals surface area (Å²) < 4.78 is 13.6. The Kier molecular flexibility index (Phi) is 5.77. The van der Waals surface area contributed by atoms with Gasteiger partial charge < -0.3 is 5.32 Å². The van der Waals surface area contributed by atoms with Crippen LogP contribution in [0.3, 0.4) is 0 Å². The van der Waals surface area contributed by atoms with E-state index >= 15 is 0 Å². The first-order valence-electron chi connectivity index (χ1n) is 8.29. The number of halogens is 1. The average molecular weight is 292 g/mol. The number of hydrogen-bond donors (Lipinski definition) is 1. The number of hydrogen-bond acceptors (Lipinski definition) is 2. The Balaban J connectivity index is 2.26. The van der Waals surface area contributed by atoms with Crippen LogP contribution < -0.4 is 5.32 Å². The van der Waals surface area contributed by atoms with Crippen molar-refractivity contribution in [2.45, 2.75) is 58.0 Å². The van der Waals surface area contributed by atoms with E-state index in [9.17, 15) is 4.39 Å². The first-order valence-corrected chi connectivity index (χ1v) is 8.29.